The van der Waals surface area contributed by atoms with Crippen molar-refractivity contribution >= 4 is 82.6 Å². The fourth-order valence-electron chi connectivity index (χ4n) is 4.95. The fraction of sp³-hybridized carbons (Fsp3) is 0.0488. The number of carbonyl (C=O) groups excluding carboxylic acids is 3. The third-order valence-corrected chi connectivity index (χ3v) is 10.6. The molecule has 16 nitrogen and oxygen atoms in total. The molecular formula is C41H35EuN6O10S3+2. The van der Waals surface area contributed by atoms with Crippen LogP contribution >= 0.6 is 34.0 Å². The van der Waals surface area contributed by atoms with Gasteiger partial charge in [0.1, 0.15) is 15.0 Å². The van der Waals surface area contributed by atoms with Gasteiger partial charge < -0.3 is 51.2 Å². The molecular weight excluding hydrogens is 985 g/mol. The summed E-state index contributed by atoms with van der Waals surface area (Å²) in [6, 6.07) is 37.6. The van der Waals surface area contributed by atoms with E-state index < -0.39 is 17.9 Å². The first-order valence-electron chi connectivity index (χ1n) is 16.9. The summed E-state index contributed by atoms with van der Waals surface area (Å²) < 4.78 is 3.15. The van der Waals surface area contributed by atoms with Gasteiger partial charge in [-0.2, -0.15) is 0 Å². The van der Waals surface area contributed by atoms with Crippen LogP contribution in [0.1, 0.15) is 38.4 Å². The van der Waals surface area contributed by atoms with Gasteiger partial charge in [-0.15, -0.1) is 34.0 Å². The number of carboxylic acid groups (broad SMARTS) is 3. The molecule has 9 rings (SSSR count). The molecule has 9 aromatic rings. The number of nitrogens with zero attached hydrogens (tertiary/aromatic N) is 6. The van der Waals surface area contributed by atoms with Gasteiger partial charge in [0.25, 0.3) is 0 Å². The van der Waals surface area contributed by atoms with Gasteiger partial charge in [0.15, 0.2) is 0 Å². The first kappa shape index (κ1) is 51.8. The fourth-order valence-corrected chi connectivity index (χ4v) is 7.75. The van der Waals surface area contributed by atoms with Gasteiger partial charge in [-0.3, -0.25) is 0 Å². The van der Waals surface area contributed by atoms with Gasteiger partial charge in [-0.05, 0) is 79.7 Å². The summed E-state index contributed by atoms with van der Waals surface area (Å²) in [7, 11) is 0. The number of hydrogen-bond acceptors (Lipinski definition) is 16. The van der Waals surface area contributed by atoms with E-state index in [1.807, 2.05) is 72.8 Å². The second-order valence-corrected chi connectivity index (χ2v) is 14.5. The summed E-state index contributed by atoms with van der Waals surface area (Å²) in [6.45, 7) is 1.93. The van der Waals surface area contributed by atoms with Crippen LogP contribution in [0, 0.1) is 49.4 Å². The number of hydrogen-bond donors (Lipinski definition) is 1. The van der Waals surface area contributed by atoms with E-state index in [1.165, 1.54) is 52.2 Å². The Labute approximate surface area is 399 Å². The molecule has 0 radical (unpaired) electrons. The van der Waals surface area contributed by atoms with Crippen LogP contribution in [0.3, 0.4) is 0 Å². The molecule has 6 heterocycles. The summed E-state index contributed by atoms with van der Waals surface area (Å²) in [5.41, 5.74) is 4.09. The Kier molecular flexibility index (Phi) is 21.0. The number of thiazole rings is 3. The minimum Gasteiger partial charge on any atom is -0.543 e. The van der Waals surface area contributed by atoms with E-state index in [0.717, 1.165) is 30.6 Å². The number of aliphatic hydroxyl groups excluding tert-OH is 1. The Morgan fingerprint density at radius 3 is 0.934 bits per heavy atom. The topological polar surface area (TPSA) is 315 Å². The minimum atomic E-state index is -1.28. The van der Waals surface area contributed by atoms with Gasteiger partial charge >= 0.3 is 49.4 Å². The second kappa shape index (κ2) is 24.8. The van der Waals surface area contributed by atoms with E-state index in [4.69, 9.17) is 5.11 Å². The van der Waals surface area contributed by atoms with Crippen LogP contribution in [0.25, 0.3) is 62.8 Å². The smallest absolute Gasteiger partial charge is 0.543 e. The van der Waals surface area contributed by atoms with Crippen LogP contribution < -0.4 is 15.3 Å². The summed E-state index contributed by atoms with van der Waals surface area (Å²) in [5.74, 6) is -3.84. The first-order chi connectivity index (χ1) is 27.6. The average molecular weight is 1020 g/mol. The van der Waals surface area contributed by atoms with Crippen molar-refractivity contribution < 1.29 is 101 Å². The van der Waals surface area contributed by atoms with Gasteiger partial charge in [-0.25, -0.2) is 29.9 Å². The molecule has 0 bridgehead atoms. The van der Waals surface area contributed by atoms with E-state index in [0.29, 0.717) is 32.1 Å². The Morgan fingerprint density at radius 1 is 0.459 bits per heavy atom. The second-order valence-electron chi connectivity index (χ2n) is 11.4. The molecule has 3 aromatic carbocycles. The molecule has 0 aliphatic heterocycles. The maximum Gasteiger partial charge on any atom is 3.00 e. The third-order valence-electron chi connectivity index (χ3n) is 7.41. The van der Waals surface area contributed by atoms with Crippen LogP contribution in [0.2, 0.25) is 0 Å². The molecule has 0 spiro atoms. The molecule has 0 fully saturated rings. The number of aromatic carboxylic acids is 3. The number of carboxylic acids is 3. The number of aromatic nitrogens is 6. The van der Waals surface area contributed by atoms with E-state index in [9.17, 15) is 29.7 Å². The molecule has 0 saturated carbocycles. The third kappa shape index (κ3) is 13.6. The molecule has 0 atom stereocenters. The van der Waals surface area contributed by atoms with Crippen molar-refractivity contribution in [2.45, 2.75) is 6.92 Å². The van der Waals surface area contributed by atoms with E-state index >= 15 is 0 Å². The van der Waals surface area contributed by atoms with Gasteiger partial charge in [0.05, 0.1) is 82.7 Å². The Bertz CT molecular complexity index is 2450. The maximum atomic E-state index is 10.8. The molecule has 6 aromatic heterocycles. The van der Waals surface area contributed by atoms with E-state index in [2.05, 4.69) is 29.9 Å². The Hall–Kier alpha value is -5.39. The predicted octanol–water partition coefficient (Wildman–Crippen LogP) is 2.50. The molecule has 0 amide bonds. The number of pyridine rings is 3. The van der Waals surface area contributed by atoms with Crippen molar-refractivity contribution in [2.24, 2.45) is 0 Å². The van der Waals surface area contributed by atoms with Crippen LogP contribution in [0.15, 0.2) is 127 Å². The van der Waals surface area contributed by atoms with Gasteiger partial charge in [0.2, 0.25) is 0 Å². The predicted molar refractivity (Wildman–Crippen MR) is 228 cm³/mol. The summed E-state index contributed by atoms with van der Waals surface area (Å²) in [4.78, 5) is 57.6. The number of para-hydroxylation sites is 3. The Morgan fingerprint density at radius 2 is 0.705 bits per heavy atom. The number of rotatable bonds is 6. The van der Waals surface area contributed by atoms with Crippen molar-refractivity contribution in [3.63, 3.8) is 0 Å². The number of carbonyl (C=O) groups is 3. The van der Waals surface area contributed by atoms with Gasteiger partial charge in [0, 0.05) is 6.61 Å². The standard InChI is InChI=1S/3C13H8N2O2S.C2H6O.Eu.3H2O/c3*16-13(17)10-6-3-5-9(14-10)12-15-8-4-1-2-7-11(8)18-12;1-2-3;;;;/h3*1-7H,(H,16,17);3H,2H2,1H3;;3*1H2/q;;;;+3;;;/p-1. The van der Waals surface area contributed by atoms with E-state index in [-0.39, 0.29) is 89.5 Å². The van der Waals surface area contributed by atoms with Crippen molar-refractivity contribution in [1.82, 2.24) is 29.9 Å². The average Bonchev–Trinajstić information content (AvgIpc) is 3.99. The van der Waals surface area contributed by atoms with Crippen molar-refractivity contribution in [1.29, 1.82) is 0 Å². The molecule has 9 N–H and O–H groups in total. The largest absolute Gasteiger partial charge is 3.00 e. The first-order valence-corrected chi connectivity index (χ1v) is 19.3. The van der Waals surface area contributed by atoms with Crippen LogP contribution in [0.4, 0.5) is 0 Å². The zero-order chi connectivity index (χ0) is 40.3. The molecule has 20 heteroatoms. The monoisotopic (exact) mass is 1020 g/mol. The molecule has 0 unspecified atom stereocenters. The summed E-state index contributed by atoms with van der Waals surface area (Å²) in [6.07, 6.45) is 0. The summed E-state index contributed by atoms with van der Waals surface area (Å²) in [5, 5.41) is 42.0. The van der Waals surface area contributed by atoms with Crippen LogP contribution in [-0.4, -0.2) is 65.0 Å². The number of fused-ring (bicyclic) bond motifs is 3. The molecule has 0 saturated heterocycles. The summed E-state index contributed by atoms with van der Waals surface area (Å²) >= 11 is 4.45. The Balaban J connectivity index is 0.000000295. The normalized spacial score (nSPS) is 9.74. The quantitative estimate of drug-likeness (QED) is 0.234. The molecule has 0 aliphatic carbocycles. The molecule has 61 heavy (non-hydrogen) atoms. The molecule has 312 valence electrons. The number of aliphatic hydroxyl groups is 1. The van der Waals surface area contributed by atoms with Crippen LogP contribution in [0.5, 0.6) is 0 Å². The van der Waals surface area contributed by atoms with Crippen LogP contribution in [-0.2, 0) is 11.0 Å². The maximum absolute atomic E-state index is 10.8. The minimum absolute atomic E-state index is 0. The zero-order valence-electron chi connectivity index (χ0n) is 31.7. The zero-order valence-corrected chi connectivity index (χ0v) is 36.5. The SMILES string of the molecule is CCO.O.O=C([O-])c1cccc(-c2nc3ccccc3s2)n1.O=C([O-])c1cccc(-c2nc3ccccc3s2)n1.O=C([O-])c1cccc(-c2nc3ccccc3s2)n1.[Eu+3].[OH3+].[OH3+]. The van der Waals surface area contributed by atoms with Crippen molar-refractivity contribution in [3.8, 4) is 32.1 Å². The molecule has 0 aliphatic rings. The van der Waals surface area contributed by atoms with Crippen molar-refractivity contribution in [2.75, 3.05) is 6.61 Å². The van der Waals surface area contributed by atoms with Gasteiger partial charge in [-0.1, -0.05) is 54.6 Å². The number of benzene rings is 3. The van der Waals surface area contributed by atoms with E-state index in [1.54, 1.807) is 43.3 Å². The van der Waals surface area contributed by atoms with Crippen molar-refractivity contribution in [3.05, 3.63) is 144 Å².